The highest BCUT2D eigenvalue weighted by Gasteiger charge is 2.37. The average molecular weight is 470 g/mol. The minimum Gasteiger partial charge on any atom is -0.387 e. The number of hydrogen-bond acceptors (Lipinski definition) is 7. The van der Waals surface area contributed by atoms with Gasteiger partial charge in [-0.05, 0) is 31.8 Å². The number of rotatable bonds is 7. The highest BCUT2D eigenvalue weighted by Crippen LogP contribution is 2.35. The maximum Gasteiger partial charge on any atom is 0.421 e. The van der Waals surface area contributed by atoms with Crippen LogP contribution in [0.3, 0.4) is 0 Å². The first-order chi connectivity index (χ1) is 15.7. The lowest BCUT2D eigenvalue weighted by molar-refractivity contribution is -0.137. The van der Waals surface area contributed by atoms with Gasteiger partial charge in [0.25, 0.3) is 0 Å². The number of alkyl halides is 3. The molecule has 2 fully saturated rings. The highest BCUT2D eigenvalue weighted by molar-refractivity contribution is 5.87. The Labute approximate surface area is 189 Å². The fraction of sp³-hybridized carbons (Fsp3) is 0.619. The van der Waals surface area contributed by atoms with E-state index in [9.17, 15) is 22.8 Å². The van der Waals surface area contributed by atoms with Crippen molar-refractivity contribution in [1.29, 1.82) is 0 Å². The van der Waals surface area contributed by atoms with Crippen LogP contribution in [0, 0.1) is 0 Å². The number of carbonyl (C=O) groups is 2. The van der Waals surface area contributed by atoms with E-state index >= 15 is 0 Å². The van der Waals surface area contributed by atoms with Crippen LogP contribution in [0.25, 0.3) is 0 Å². The molecule has 1 aromatic rings. The van der Waals surface area contributed by atoms with E-state index in [0.29, 0.717) is 38.8 Å². The quantitative estimate of drug-likeness (QED) is 0.450. The largest absolute Gasteiger partial charge is 0.421 e. The summed E-state index contributed by atoms with van der Waals surface area (Å²) >= 11 is 0. The molecule has 1 saturated heterocycles. The van der Waals surface area contributed by atoms with Crippen LogP contribution >= 0.6 is 0 Å². The Balaban J connectivity index is 1.79. The summed E-state index contributed by atoms with van der Waals surface area (Å²) in [6, 6.07) is -1.04. The molecular formula is C21H29F3N6O3. The minimum absolute atomic E-state index is 0.0104. The second-order valence-corrected chi connectivity index (χ2v) is 8.29. The molecule has 33 heavy (non-hydrogen) atoms. The lowest BCUT2D eigenvalue weighted by atomic mass is 9.90. The van der Waals surface area contributed by atoms with Gasteiger partial charge in [-0.2, -0.15) is 18.2 Å². The zero-order valence-corrected chi connectivity index (χ0v) is 18.2. The number of aliphatic hydroxyl groups is 1. The van der Waals surface area contributed by atoms with Crippen molar-refractivity contribution in [2.45, 2.75) is 62.8 Å². The predicted molar refractivity (Wildman–Crippen MR) is 115 cm³/mol. The molecule has 0 bridgehead atoms. The van der Waals surface area contributed by atoms with Gasteiger partial charge < -0.3 is 26.0 Å². The van der Waals surface area contributed by atoms with Crippen molar-refractivity contribution in [1.82, 2.24) is 20.2 Å². The smallest absolute Gasteiger partial charge is 0.387 e. The molecule has 0 aromatic carbocycles. The van der Waals surface area contributed by atoms with Crippen LogP contribution in [0.2, 0.25) is 0 Å². The average Bonchev–Trinajstić information content (AvgIpc) is 2.79. The molecular weight excluding hydrogens is 441 g/mol. The molecule has 12 heteroatoms. The van der Waals surface area contributed by atoms with Gasteiger partial charge in [0.2, 0.25) is 17.8 Å². The van der Waals surface area contributed by atoms with Crippen molar-refractivity contribution >= 4 is 23.6 Å². The zero-order valence-electron chi connectivity index (χ0n) is 18.2. The van der Waals surface area contributed by atoms with Gasteiger partial charge >= 0.3 is 6.18 Å². The number of anilines is 2. The standard InChI is InChI=1S/C21H29F3N6O3/c1-2-17(32)27-15-7-3-4-8-16(15)28-19-14(21(22,23)24)10-25-20(29-19)26-13-6-5-9-30(11-13)18(33)12-31/h2,10,13,15-16,31H,1,3-9,11-12H2,(H,27,32)(H2,25,26,28,29). The first-order valence-electron chi connectivity index (χ1n) is 11.0. The number of likely N-dealkylation sites (tertiary alicyclic amines) is 1. The van der Waals surface area contributed by atoms with E-state index in [1.165, 1.54) is 4.90 Å². The third-order valence-corrected chi connectivity index (χ3v) is 5.94. The van der Waals surface area contributed by atoms with E-state index in [4.69, 9.17) is 5.11 Å². The molecule has 2 aliphatic rings. The first-order valence-corrected chi connectivity index (χ1v) is 11.0. The monoisotopic (exact) mass is 470 g/mol. The third kappa shape index (κ3) is 6.56. The number of carbonyl (C=O) groups excluding carboxylic acids is 2. The molecule has 0 spiro atoms. The molecule has 1 aliphatic heterocycles. The van der Waals surface area contributed by atoms with Crippen LogP contribution in [0.1, 0.15) is 44.1 Å². The van der Waals surface area contributed by atoms with Crippen LogP contribution in [0.4, 0.5) is 24.9 Å². The Morgan fingerprint density at radius 1 is 1.18 bits per heavy atom. The van der Waals surface area contributed by atoms with Crippen LogP contribution < -0.4 is 16.0 Å². The fourth-order valence-corrected chi connectivity index (χ4v) is 4.27. The van der Waals surface area contributed by atoms with Gasteiger partial charge in [-0.25, -0.2) is 4.98 Å². The molecule has 2 amide bonds. The van der Waals surface area contributed by atoms with Crippen molar-refractivity contribution in [2.75, 3.05) is 30.3 Å². The summed E-state index contributed by atoms with van der Waals surface area (Å²) in [5.74, 6) is -1.13. The van der Waals surface area contributed by atoms with Gasteiger partial charge in [-0.1, -0.05) is 19.4 Å². The second-order valence-electron chi connectivity index (χ2n) is 8.29. The summed E-state index contributed by atoms with van der Waals surface area (Å²) in [5, 5.41) is 17.8. The van der Waals surface area contributed by atoms with Crippen LogP contribution in [-0.2, 0) is 15.8 Å². The summed E-state index contributed by atoms with van der Waals surface area (Å²) in [4.78, 5) is 33.0. The fourth-order valence-electron chi connectivity index (χ4n) is 4.27. The molecule has 4 N–H and O–H groups in total. The zero-order chi connectivity index (χ0) is 24.0. The lowest BCUT2D eigenvalue weighted by Gasteiger charge is -2.34. The van der Waals surface area contributed by atoms with Crippen molar-refractivity contribution in [3.05, 3.63) is 24.4 Å². The molecule has 1 aromatic heterocycles. The van der Waals surface area contributed by atoms with E-state index in [-0.39, 0.29) is 29.8 Å². The number of aromatic nitrogens is 2. The van der Waals surface area contributed by atoms with E-state index in [0.717, 1.165) is 25.1 Å². The highest BCUT2D eigenvalue weighted by atomic mass is 19.4. The molecule has 2 heterocycles. The van der Waals surface area contributed by atoms with E-state index in [1.54, 1.807) is 0 Å². The van der Waals surface area contributed by atoms with Gasteiger partial charge in [0.05, 0.1) is 0 Å². The van der Waals surface area contributed by atoms with Crippen LogP contribution in [0.5, 0.6) is 0 Å². The number of hydrogen-bond donors (Lipinski definition) is 4. The van der Waals surface area contributed by atoms with Gasteiger partial charge in [-0.3, -0.25) is 9.59 Å². The summed E-state index contributed by atoms with van der Waals surface area (Å²) in [5.41, 5.74) is -0.992. The Morgan fingerprint density at radius 2 is 1.91 bits per heavy atom. The summed E-state index contributed by atoms with van der Waals surface area (Å²) < 4.78 is 40.9. The maximum atomic E-state index is 13.6. The molecule has 9 nitrogen and oxygen atoms in total. The Kier molecular flexibility index (Phi) is 8.11. The predicted octanol–water partition coefficient (Wildman–Crippen LogP) is 1.92. The number of nitrogens with zero attached hydrogens (tertiary/aromatic N) is 3. The minimum atomic E-state index is -4.66. The number of nitrogens with one attached hydrogen (secondary N) is 3. The van der Waals surface area contributed by atoms with Crippen LogP contribution in [0.15, 0.2) is 18.9 Å². The molecule has 3 atom stereocenters. The molecule has 1 saturated carbocycles. The Morgan fingerprint density at radius 3 is 2.58 bits per heavy atom. The molecule has 3 unspecified atom stereocenters. The van der Waals surface area contributed by atoms with Crippen molar-refractivity contribution < 1.29 is 27.9 Å². The normalized spacial score (nSPS) is 23.5. The molecule has 3 rings (SSSR count). The summed E-state index contributed by atoms with van der Waals surface area (Å²) in [6.45, 7) is 3.64. The Hall–Kier alpha value is -2.89. The van der Waals surface area contributed by atoms with E-state index in [2.05, 4.69) is 32.5 Å². The second kappa shape index (κ2) is 10.8. The van der Waals surface area contributed by atoms with Crippen molar-refractivity contribution in [2.24, 2.45) is 0 Å². The number of piperidine rings is 1. The van der Waals surface area contributed by atoms with Gasteiger partial charge in [0.1, 0.15) is 18.0 Å². The van der Waals surface area contributed by atoms with Gasteiger partial charge in [0, 0.05) is 37.4 Å². The number of halogens is 3. The third-order valence-electron chi connectivity index (χ3n) is 5.94. The molecule has 0 radical (unpaired) electrons. The number of aliphatic hydroxyl groups excluding tert-OH is 1. The van der Waals surface area contributed by atoms with Gasteiger partial charge in [-0.15, -0.1) is 0 Å². The maximum absolute atomic E-state index is 13.6. The Bertz CT molecular complexity index is 866. The SMILES string of the molecule is C=CC(=O)NC1CCCCC1Nc1nc(NC2CCCN(C(=O)CO)C2)ncc1C(F)(F)F. The number of amides is 2. The van der Waals surface area contributed by atoms with Gasteiger partial charge in [0.15, 0.2) is 0 Å². The molecule has 182 valence electrons. The van der Waals surface area contributed by atoms with E-state index < -0.39 is 30.3 Å². The lowest BCUT2D eigenvalue weighted by Crippen LogP contribution is -2.48. The first kappa shape index (κ1) is 24.7. The summed E-state index contributed by atoms with van der Waals surface area (Å²) in [7, 11) is 0. The van der Waals surface area contributed by atoms with Crippen LogP contribution in [-0.4, -0.2) is 69.6 Å². The molecule has 1 aliphatic carbocycles. The summed E-state index contributed by atoms with van der Waals surface area (Å²) in [6.07, 6.45) is 1.44. The van der Waals surface area contributed by atoms with Crippen molar-refractivity contribution in [3.8, 4) is 0 Å². The topological polar surface area (TPSA) is 119 Å². The van der Waals surface area contributed by atoms with E-state index in [1.807, 2.05) is 0 Å². The van der Waals surface area contributed by atoms with Crippen molar-refractivity contribution in [3.63, 3.8) is 0 Å².